The van der Waals surface area contributed by atoms with Gasteiger partial charge in [0.1, 0.15) is 11.9 Å². The zero-order valence-electron chi connectivity index (χ0n) is 10.8. The molecule has 1 fully saturated rings. The van der Waals surface area contributed by atoms with Crippen molar-refractivity contribution in [2.24, 2.45) is 5.73 Å². The second-order valence-electron chi connectivity index (χ2n) is 5.02. The lowest BCUT2D eigenvalue weighted by Gasteiger charge is -2.23. The third-order valence-electron chi connectivity index (χ3n) is 3.66. The summed E-state index contributed by atoms with van der Waals surface area (Å²) < 4.78 is 0. The van der Waals surface area contributed by atoms with Gasteiger partial charge in [-0.2, -0.15) is 5.26 Å². The largest absolute Gasteiger partial charge is 0.365 e. The number of anilines is 1. The van der Waals surface area contributed by atoms with E-state index in [1.54, 1.807) is 6.20 Å². The quantitative estimate of drug-likeness (QED) is 0.783. The minimum atomic E-state index is 0.154. The van der Waals surface area contributed by atoms with Gasteiger partial charge in [0.25, 0.3) is 0 Å². The molecule has 4 nitrogen and oxygen atoms in total. The summed E-state index contributed by atoms with van der Waals surface area (Å²) in [5.41, 5.74) is 7.77. The molecule has 3 N–H and O–H groups in total. The first kappa shape index (κ1) is 12.8. The van der Waals surface area contributed by atoms with E-state index in [9.17, 15) is 5.26 Å². The minimum absolute atomic E-state index is 0.154. The molecule has 0 radical (unpaired) electrons. The van der Waals surface area contributed by atoms with Gasteiger partial charge in [0, 0.05) is 18.3 Å². The first-order valence-corrected chi connectivity index (χ1v) is 6.60. The second-order valence-corrected chi connectivity index (χ2v) is 5.02. The van der Waals surface area contributed by atoms with E-state index in [1.807, 2.05) is 13.0 Å². The number of hydrogen-bond donors (Lipinski definition) is 2. The fourth-order valence-electron chi connectivity index (χ4n) is 2.50. The highest BCUT2D eigenvalue weighted by Crippen LogP contribution is 2.22. The Morgan fingerprint density at radius 1 is 1.39 bits per heavy atom. The van der Waals surface area contributed by atoms with Crippen LogP contribution in [0.5, 0.6) is 0 Å². The van der Waals surface area contributed by atoms with Crippen molar-refractivity contribution in [3.05, 3.63) is 23.4 Å². The van der Waals surface area contributed by atoms with Crippen LogP contribution in [0.25, 0.3) is 0 Å². The first-order chi connectivity index (χ1) is 8.72. The smallest absolute Gasteiger partial charge is 0.144 e. The number of nitrogens with one attached hydrogen (secondary N) is 1. The molecule has 0 aliphatic heterocycles. The third kappa shape index (κ3) is 2.80. The van der Waals surface area contributed by atoms with Gasteiger partial charge in [-0.25, -0.2) is 4.98 Å². The average Bonchev–Trinajstić information content (AvgIpc) is 2.55. The number of nitriles is 1. The van der Waals surface area contributed by atoms with Crippen LogP contribution in [-0.2, 0) is 0 Å². The highest BCUT2D eigenvalue weighted by atomic mass is 15.0. The zero-order valence-corrected chi connectivity index (χ0v) is 10.8. The van der Waals surface area contributed by atoms with Crippen molar-refractivity contribution >= 4 is 5.82 Å². The van der Waals surface area contributed by atoms with Crippen LogP contribution in [0.1, 0.15) is 43.2 Å². The number of nitrogens with zero attached hydrogens (tertiary/aromatic N) is 2. The number of aromatic nitrogens is 1. The molecule has 0 saturated heterocycles. The lowest BCUT2D eigenvalue weighted by atomic mass is 10.0. The molecule has 4 heteroatoms. The Kier molecular flexibility index (Phi) is 4.16. The molecule has 1 heterocycles. The Bertz CT molecular complexity index is 450. The van der Waals surface area contributed by atoms with Gasteiger partial charge in [0.15, 0.2) is 0 Å². The fraction of sp³-hybridized carbons (Fsp3) is 0.571. The summed E-state index contributed by atoms with van der Waals surface area (Å²) in [6, 6.07) is 4.46. The molecular formula is C14H20N4. The molecule has 96 valence electrons. The van der Waals surface area contributed by atoms with Crippen LogP contribution in [0.4, 0.5) is 5.82 Å². The average molecular weight is 244 g/mol. The van der Waals surface area contributed by atoms with Crippen LogP contribution in [0.2, 0.25) is 0 Å². The highest BCUT2D eigenvalue weighted by Gasteiger charge is 2.21. The molecule has 2 rings (SSSR count). The van der Waals surface area contributed by atoms with Crippen molar-refractivity contribution in [2.75, 3.05) is 5.32 Å². The number of nitrogens with two attached hydrogens (primary N) is 1. The van der Waals surface area contributed by atoms with Gasteiger partial charge in [0.2, 0.25) is 0 Å². The normalized spacial score (nSPS) is 24.1. The minimum Gasteiger partial charge on any atom is -0.365 e. The van der Waals surface area contributed by atoms with E-state index >= 15 is 0 Å². The van der Waals surface area contributed by atoms with Crippen LogP contribution >= 0.6 is 0 Å². The molecule has 1 aromatic rings. The van der Waals surface area contributed by atoms with Crippen molar-refractivity contribution < 1.29 is 0 Å². The van der Waals surface area contributed by atoms with E-state index in [-0.39, 0.29) is 12.1 Å². The van der Waals surface area contributed by atoms with Gasteiger partial charge in [-0.15, -0.1) is 0 Å². The molecule has 1 aliphatic rings. The van der Waals surface area contributed by atoms with E-state index in [2.05, 4.69) is 16.4 Å². The van der Waals surface area contributed by atoms with Gasteiger partial charge in [-0.3, -0.25) is 0 Å². The number of hydrogen-bond acceptors (Lipinski definition) is 4. The van der Waals surface area contributed by atoms with Crippen LogP contribution in [0.3, 0.4) is 0 Å². The van der Waals surface area contributed by atoms with Crippen molar-refractivity contribution in [3.8, 4) is 6.07 Å². The maximum absolute atomic E-state index is 9.19. The second kappa shape index (κ2) is 5.83. The molecule has 0 aromatic carbocycles. The standard InChI is InChI=1S/C14H20N4/c1-10-7-8-17-14(11(10)9-15)18-13-6-4-2-3-5-12(13)16/h7-8,12-13H,2-6,16H2,1H3,(H,17,18). The summed E-state index contributed by atoms with van der Waals surface area (Å²) in [6.45, 7) is 1.93. The molecule has 1 aromatic heterocycles. The van der Waals surface area contributed by atoms with Gasteiger partial charge in [-0.1, -0.05) is 19.3 Å². The first-order valence-electron chi connectivity index (χ1n) is 6.60. The van der Waals surface area contributed by atoms with E-state index in [0.717, 1.165) is 18.4 Å². The molecular weight excluding hydrogens is 224 g/mol. The topological polar surface area (TPSA) is 74.7 Å². The van der Waals surface area contributed by atoms with Crippen molar-refractivity contribution in [3.63, 3.8) is 0 Å². The van der Waals surface area contributed by atoms with E-state index in [1.165, 1.54) is 19.3 Å². The Balaban J connectivity index is 2.18. The molecule has 2 atom stereocenters. The summed E-state index contributed by atoms with van der Waals surface area (Å²) in [4.78, 5) is 4.28. The Morgan fingerprint density at radius 3 is 2.94 bits per heavy atom. The lowest BCUT2D eigenvalue weighted by Crippen LogP contribution is -2.39. The maximum Gasteiger partial charge on any atom is 0.144 e. The highest BCUT2D eigenvalue weighted by molar-refractivity contribution is 5.55. The van der Waals surface area contributed by atoms with Crippen molar-refractivity contribution in [2.45, 2.75) is 51.1 Å². The van der Waals surface area contributed by atoms with Crippen LogP contribution in [0.15, 0.2) is 12.3 Å². The van der Waals surface area contributed by atoms with Crippen molar-refractivity contribution in [1.82, 2.24) is 4.98 Å². The van der Waals surface area contributed by atoms with Crippen molar-refractivity contribution in [1.29, 1.82) is 5.26 Å². The molecule has 0 spiro atoms. The molecule has 1 aliphatic carbocycles. The lowest BCUT2D eigenvalue weighted by molar-refractivity contribution is 0.527. The molecule has 0 amide bonds. The number of rotatable bonds is 2. The number of pyridine rings is 1. The van der Waals surface area contributed by atoms with Crippen LogP contribution in [0, 0.1) is 18.3 Å². The summed E-state index contributed by atoms with van der Waals surface area (Å²) in [5.74, 6) is 0.680. The van der Waals surface area contributed by atoms with E-state index < -0.39 is 0 Å². The predicted octanol–water partition coefficient (Wildman–Crippen LogP) is 2.33. The van der Waals surface area contributed by atoms with Gasteiger partial charge < -0.3 is 11.1 Å². The van der Waals surface area contributed by atoms with Gasteiger partial charge >= 0.3 is 0 Å². The molecule has 0 bridgehead atoms. The fourth-order valence-corrected chi connectivity index (χ4v) is 2.50. The summed E-state index contributed by atoms with van der Waals surface area (Å²) in [7, 11) is 0. The third-order valence-corrected chi connectivity index (χ3v) is 3.66. The monoisotopic (exact) mass is 244 g/mol. The maximum atomic E-state index is 9.19. The van der Waals surface area contributed by atoms with Crippen LogP contribution in [-0.4, -0.2) is 17.1 Å². The predicted molar refractivity (Wildman–Crippen MR) is 72.2 cm³/mol. The summed E-state index contributed by atoms with van der Waals surface area (Å²) in [6.07, 6.45) is 7.48. The molecule has 1 saturated carbocycles. The number of aryl methyl sites for hydroxylation is 1. The summed E-state index contributed by atoms with van der Waals surface area (Å²) in [5, 5.41) is 12.6. The molecule has 2 unspecified atom stereocenters. The Hall–Kier alpha value is -1.60. The zero-order chi connectivity index (χ0) is 13.0. The van der Waals surface area contributed by atoms with E-state index in [4.69, 9.17) is 5.73 Å². The SMILES string of the molecule is Cc1ccnc(NC2CCCCCC2N)c1C#N. The Morgan fingerprint density at radius 2 is 2.17 bits per heavy atom. The van der Waals surface area contributed by atoms with Crippen LogP contribution < -0.4 is 11.1 Å². The summed E-state index contributed by atoms with van der Waals surface area (Å²) >= 11 is 0. The molecule has 18 heavy (non-hydrogen) atoms. The van der Waals surface area contributed by atoms with Gasteiger partial charge in [-0.05, 0) is 31.4 Å². The van der Waals surface area contributed by atoms with Gasteiger partial charge in [0.05, 0.1) is 5.56 Å². The Labute approximate surface area is 108 Å². The van der Waals surface area contributed by atoms with E-state index in [0.29, 0.717) is 11.4 Å².